The highest BCUT2D eigenvalue weighted by Gasteiger charge is 2.30. The largest absolute Gasteiger partial charge is 0.416 e. The van der Waals surface area contributed by atoms with Crippen LogP contribution in [0.2, 0.25) is 0 Å². The minimum Gasteiger partial charge on any atom is -0.416 e. The van der Waals surface area contributed by atoms with Crippen molar-refractivity contribution in [1.82, 2.24) is 10.2 Å². The predicted molar refractivity (Wildman–Crippen MR) is 66.7 cm³/mol. The summed E-state index contributed by atoms with van der Waals surface area (Å²) < 4.78 is 4.45. The van der Waals surface area contributed by atoms with Gasteiger partial charge in [-0.2, -0.15) is 0 Å². The Kier molecular flexibility index (Phi) is 3.45. The minimum absolute atomic E-state index is 0.0486. The van der Waals surface area contributed by atoms with Crippen LogP contribution >= 0.6 is 50.7 Å². The van der Waals surface area contributed by atoms with Crippen molar-refractivity contribution in [2.24, 2.45) is 0 Å². The summed E-state index contributed by atoms with van der Waals surface area (Å²) in [5, 5.41) is 7.47. The first-order chi connectivity index (χ1) is 7.47. The van der Waals surface area contributed by atoms with E-state index in [4.69, 9.17) is 39.2 Å². The fourth-order valence-electron chi connectivity index (χ4n) is 1.08. The fraction of sp³-hybridized carbons (Fsp3) is 0.111. The zero-order valence-electron chi connectivity index (χ0n) is 7.62. The lowest BCUT2D eigenvalue weighted by Crippen LogP contribution is -1.99. The van der Waals surface area contributed by atoms with E-state index in [1.54, 1.807) is 0 Å². The van der Waals surface area contributed by atoms with E-state index in [2.05, 4.69) is 26.1 Å². The first kappa shape index (κ1) is 12.2. The first-order valence-electron chi connectivity index (χ1n) is 4.13. The lowest BCUT2D eigenvalue weighted by atomic mass is 10.2. The second kappa shape index (κ2) is 4.53. The van der Waals surface area contributed by atoms with Crippen molar-refractivity contribution in [2.75, 3.05) is 0 Å². The monoisotopic (exact) mass is 340 g/mol. The molecule has 0 amide bonds. The van der Waals surface area contributed by atoms with Gasteiger partial charge in [-0.25, -0.2) is 0 Å². The van der Waals surface area contributed by atoms with E-state index in [0.717, 1.165) is 10.0 Å². The first-order valence-corrected chi connectivity index (χ1v) is 6.06. The average Bonchev–Trinajstić information content (AvgIpc) is 2.65. The molecule has 1 aromatic heterocycles. The highest BCUT2D eigenvalue weighted by atomic mass is 79.9. The van der Waals surface area contributed by atoms with Gasteiger partial charge in [-0.05, 0) is 18.2 Å². The lowest BCUT2D eigenvalue weighted by molar-refractivity contribution is 0.514. The van der Waals surface area contributed by atoms with Crippen molar-refractivity contribution in [3.8, 4) is 11.5 Å². The van der Waals surface area contributed by atoms with Gasteiger partial charge in [-0.15, -0.1) is 10.2 Å². The molecule has 2 rings (SSSR count). The number of alkyl halides is 3. The van der Waals surface area contributed by atoms with Crippen molar-refractivity contribution in [3.05, 3.63) is 34.6 Å². The van der Waals surface area contributed by atoms with Crippen LogP contribution in [-0.2, 0) is 3.79 Å². The van der Waals surface area contributed by atoms with Gasteiger partial charge in [0.15, 0.2) is 0 Å². The maximum Gasteiger partial charge on any atom is 0.268 e. The molecule has 0 fully saturated rings. The van der Waals surface area contributed by atoms with Gasteiger partial charge in [0.05, 0.1) is 0 Å². The van der Waals surface area contributed by atoms with Crippen LogP contribution in [-0.4, -0.2) is 10.2 Å². The maximum absolute atomic E-state index is 5.62. The van der Waals surface area contributed by atoms with E-state index in [9.17, 15) is 0 Å². The standard InChI is InChI=1S/C9H4BrCl3N2O/c10-6-3-1-2-5(4-6)7-14-15-8(16-7)9(11,12)13/h1-4H. The van der Waals surface area contributed by atoms with Gasteiger partial charge in [0.1, 0.15) is 0 Å². The molecule has 0 atom stereocenters. The van der Waals surface area contributed by atoms with Crippen molar-refractivity contribution < 1.29 is 4.42 Å². The van der Waals surface area contributed by atoms with E-state index in [0.29, 0.717) is 5.89 Å². The van der Waals surface area contributed by atoms with E-state index < -0.39 is 3.79 Å². The number of rotatable bonds is 1. The van der Waals surface area contributed by atoms with E-state index in [1.807, 2.05) is 24.3 Å². The van der Waals surface area contributed by atoms with Crippen molar-refractivity contribution in [1.29, 1.82) is 0 Å². The molecule has 0 aliphatic carbocycles. The quantitative estimate of drug-likeness (QED) is 0.724. The molecule has 1 aromatic carbocycles. The van der Waals surface area contributed by atoms with Gasteiger partial charge in [0.2, 0.25) is 5.89 Å². The van der Waals surface area contributed by atoms with Crippen LogP contribution in [0.3, 0.4) is 0 Å². The molecule has 3 nitrogen and oxygen atoms in total. The molecule has 7 heteroatoms. The highest BCUT2D eigenvalue weighted by Crippen LogP contribution is 2.38. The second-order valence-electron chi connectivity index (χ2n) is 2.92. The van der Waals surface area contributed by atoms with Gasteiger partial charge >= 0.3 is 0 Å². The van der Waals surface area contributed by atoms with Gasteiger partial charge in [0.25, 0.3) is 9.68 Å². The Morgan fingerprint density at radius 1 is 1.19 bits per heavy atom. The molecule has 0 radical (unpaired) electrons. The number of hydrogen-bond donors (Lipinski definition) is 0. The van der Waals surface area contributed by atoms with E-state index in [-0.39, 0.29) is 5.89 Å². The molecule has 84 valence electrons. The van der Waals surface area contributed by atoms with Crippen molar-refractivity contribution in [3.63, 3.8) is 0 Å². The Bertz CT molecular complexity index is 509. The zero-order chi connectivity index (χ0) is 11.8. The molecule has 0 aliphatic heterocycles. The fourth-order valence-corrected chi connectivity index (χ4v) is 1.70. The number of hydrogen-bond acceptors (Lipinski definition) is 3. The molecule has 2 aromatic rings. The van der Waals surface area contributed by atoms with E-state index in [1.165, 1.54) is 0 Å². The van der Waals surface area contributed by atoms with Crippen LogP contribution in [0, 0.1) is 0 Å². The summed E-state index contributed by atoms with van der Waals surface area (Å²) in [4.78, 5) is 0. The Balaban J connectivity index is 2.39. The third-order valence-corrected chi connectivity index (χ3v) is 2.72. The maximum atomic E-state index is 5.62. The summed E-state index contributed by atoms with van der Waals surface area (Å²) in [6.45, 7) is 0. The molecule has 0 aliphatic rings. The van der Waals surface area contributed by atoms with Crippen molar-refractivity contribution >= 4 is 50.7 Å². The number of aromatic nitrogens is 2. The normalized spacial score (nSPS) is 11.8. The molecule has 0 saturated heterocycles. The molecule has 0 N–H and O–H groups in total. The summed E-state index contributed by atoms with van der Waals surface area (Å²) in [5.74, 6) is 0.259. The molecule has 1 heterocycles. The summed E-state index contributed by atoms with van der Waals surface area (Å²) in [6.07, 6.45) is 0. The topological polar surface area (TPSA) is 38.9 Å². The second-order valence-corrected chi connectivity index (χ2v) is 6.12. The summed E-state index contributed by atoms with van der Waals surface area (Å²) in [7, 11) is 0. The predicted octanol–water partition coefficient (Wildman–Crippen LogP) is 4.33. The molecule has 0 saturated carbocycles. The van der Waals surface area contributed by atoms with Crippen LogP contribution in [0.4, 0.5) is 0 Å². The van der Waals surface area contributed by atoms with Crippen molar-refractivity contribution in [2.45, 2.75) is 3.79 Å². The minimum atomic E-state index is -1.70. The molecular weight excluding hydrogens is 338 g/mol. The Morgan fingerprint density at radius 2 is 1.94 bits per heavy atom. The molecular formula is C9H4BrCl3N2O. The summed E-state index contributed by atoms with van der Waals surface area (Å²) in [6, 6.07) is 7.38. The summed E-state index contributed by atoms with van der Waals surface area (Å²) in [5.41, 5.74) is 0.752. The van der Waals surface area contributed by atoms with Crippen LogP contribution in [0.1, 0.15) is 5.89 Å². The van der Waals surface area contributed by atoms with Crippen LogP contribution < -0.4 is 0 Å². The Hall–Kier alpha value is -0.290. The van der Waals surface area contributed by atoms with Crippen LogP contribution in [0.5, 0.6) is 0 Å². The van der Waals surface area contributed by atoms with Gasteiger partial charge in [-0.3, -0.25) is 0 Å². The van der Waals surface area contributed by atoms with Crippen LogP contribution in [0.25, 0.3) is 11.5 Å². The van der Waals surface area contributed by atoms with Gasteiger partial charge < -0.3 is 4.42 Å². The molecule has 16 heavy (non-hydrogen) atoms. The van der Waals surface area contributed by atoms with Gasteiger partial charge in [-0.1, -0.05) is 56.8 Å². The number of benzene rings is 1. The Labute approximate surface area is 115 Å². The molecule has 0 unspecified atom stereocenters. The zero-order valence-corrected chi connectivity index (χ0v) is 11.5. The molecule has 0 spiro atoms. The van der Waals surface area contributed by atoms with Gasteiger partial charge in [0, 0.05) is 10.0 Å². The summed E-state index contributed by atoms with van der Waals surface area (Å²) >= 11 is 20.2. The third-order valence-electron chi connectivity index (χ3n) is 1.74. The number of nitrogens with zero attached hydrogens (tertiary/aromatic N) is 2. The Morgan fingerprint density at radius 3 is 2.50 bits per heavy atom. The molecule has 0 bridgehead atoms. The average molecular weight is 342 g/mol. The number of halogens is 4. The SMILES string of the molecule is ClC(Cl)(Cl)c1nnc(-c2cccc(Br)c2)o1. The third kappa shape index (κ3) is 2.69. The highest BCUT2D eigenvalue weighted by molar-refractivity contribution is 9.10. The smallest absolute Gasteiger partial charge is 0.268 e. The van der Waals surface area contributed by atoms with E-state index >= 15 is 0 Å². The lowest BCUT2D eigenvalue weighted by Gasteiger charge is -2.02. The van der Waals surface area contributed by atoms with Crippen LogP contribution in [0.15, 0.2) is 33.2 Å².